The van der Waals surface area contributed by atoms with Crippen LogP contribution >= 0.6 is 11.8 Å². The molecule has 0 fully saturated rings. The number of thioether (sulfide) groups is 1. The molecule has 1 unspecified atom stereocenters. The van der Waals surface area contributed by atoms with E-state index in [0.717, 1.165) is 18.2 Å². The molecule has 0 aromatic heterocycles. The van der Waals surface area contributed by atoms with Gasteiger partial charge in [-0.15, -0.1) is 11.8 Å². The molecule has 2 aromatic rings. The van der Waals surface area contributed by atoms with Gasteiger partial charge < -0.3 is 5.73 Å². The molecular formula is C14H12F3NS. The van der Waals surface area contributed by atoms with E-state index in [4.69, 9.17) is 5.73 Å². The number of halogens is 3. The smallest absolute Gasteiger partial charge is 0.136 e. The van der Waals surface area contributed by atoms with E-state index in [1.54, 1.807) is 18.2 Å². The zero-order valence-corrected chi connectivity index (χ0v) is 10.8. The highest BCUT2D eigenvalue weighted by molar-refractivity contribution is 7.99. The van der Waals surface area contributed by atoms with Crippen molar-refractivity contribution in [3.05, 3.63) is 65.5 Å². The average molecular weight is 283 g/mol. The van der Waals surface area contributed by atoms with Crippen molar-refractivity contribution in [2.75, 3.05) is 5.75 Å². The van der Waals surface area contributed by atoms with E-state index < -0.39 is 17.7 Å². The van der Waals surface area contributed by atoms with Gasteiger partial charge in [0.2, 0.25) is 0 Å². The fourth-order valence-electron chi connectivity index (χ4n) is 1.63. The molecule has 0 aliphatic rings. The molecular weight excluding hydrogens is 271 g/mol. The minimum atomic E-state index is -0.694. The summed E-state index contributed by atoms with van der Waals surface area (Å²) in [5, 5.41) is 0. The monoisotopic (exact) mass is 283 g/mol. The maximum absolute atomic E-state index is 13.5. The lowest BCUT2D eigenvalue weighted by atomic mass is 10.1. The van der Waals surface area contributed by atoms with E-state index in [9.17, 15) is 13.2 Å². The van der Waals surface area contributed by atoms with Gasteiger partial charge in [-0.2, -0.15) is 0 Å². The van der Waals surface area contributed by atoms with Crippen molar-refractivity contribution >= 4 is 11.8 Å². The molecule has 0 amide bonds. The first-order chi connectivity index (χ1) is 9.08. The summed E-state index contributed by atoms with van der Waals surface area (Å²) in [5.41, 5.74) is 5.91. The maximum Gasteiger partial charge on any atom is 0.136 e. The van der Waals surface area contributed by atoms with E-state index in [1.165, 1.54) is 17.8 Å². The second-order valence-electron chi connectivity index (χ2n) is 4.01. The number of benzene rings is 2. The minimum Gasteiger partial charge on any atom is -0.323 e. The Labute approximate surface area is 113 Å². The fraction of sp³-hybridized carbons (Fsp3) is 0.143. The fourth-order valence-corrected chi connectivity index (χ4v) is 2.55. The molecule has 0 heterocycles. The molecule has 0 aliphatic heterocycles. The van der Waals surface area contributed by atoms with Crippen LogP contribution in [0.3, 0.4) is 0 Å². The lowest BCUT2D eigenvalue weighted by Gasteiger charge is -2.13. The summed E-state index contributed by atoms with van der Waals surface area (Å²) >= 11 is 1.18. The molecule has 1 atom stereocenters. The second-order valence-corrected chi connectivity index (χ2v) is 5.08. The summed E-state index contributed by atoms with van der Waals surface area (Å²) in [4.78, 5) is 0.440. The van der Waals surface area contributed by atoms with E-state index in [2.05, 4.69) is 0 Å². The highest BCUT2D eigenvalue weighted by atomic mass is 32.2. The SMILES string of the molecule is NC(CSc1ccccc1F)c1cc(F)ccc1F. The summed E-state index contributed by atoms with van der Waals surface area (Å²) in [6.07, 6.45) is 0. The lowest BCUT2D eigenvalue weighted by molar-refractivity contribution is 0.572. The van der Waals surface area contributed by atoms with Gasteiger partial charge in [0.1, 0.15) is 17.5 Å². The topological polar surface area (TPSA) is 26.0 Å². The normalized spacial score (nSPS) is 12.4. The molecule has 0 aliphatic carbocycles. The van der Waals surface area contributed by atoms with Gasteiger partial charge >= 0.3 is 0 Å². The third-order valence-corrected chi connectivity index (χ3v) is 3.78. The van der Waals surface area contributed by atoms with E-state index in [-0.39, 0.29) is 17.1 Å². The summed E-state index contributed by atoms with van der Waals surface area (Å²) in [6.45, 7) is 0. The van der Waals surface area contributed by atoms with Crippen LogP contribution in [-0.4, -0.2) is 5.75 Å². The molecule has 1 nitrogen and oxygen atoms in total. The summed E-state index contributed by atoms with van der Waals surface area (Å²) in [6, 6.07) is 8.71. The Hall–Kier alpha value is -1.46. The van der Waals surface area contributed by atoms with Crippen LogP contribution in [-0.2, 0) is 0 Å². The average Bonchev–Trinajstić information content (AvgIpc) is 2.40. The van der Waals surface area contributed by atoms with E-state index >= 15 is 0 Å². The first-order valence-corrected chi connectivity index (χ1v) is 6.64. The zero-order chi connectivity index (χ0) is 13.8. The van der Waals surface area contributed by atoms with Crippen LogP contribution in [0.5, 0.6) is 0 Å². The summed E-state index contributed by atoms with van der Waals surface area (Å²) < 4.78 is 39.9. The molecule has 2 aromatic carbocycles. The van der Waals surface area contributed by atoms with Crippen molar-refractivity contribution in [2.24, 2.45) is 5.73 Å². The number of nitrogens with two attached hydrogens (primary N) is 1. The Morgan fingerprint density at radius 2 is 1.74 bits per heavy atom. The van der Waals surface area contributed by atoms with Crippen molar-refractivity contribution in [1.82, 2.24) is 0 Å². The van der Waals surface area contributed by atoms with E-state index in [0.29, 0.717) is 4.90 Å². The summed E-state index contributed by atoms with van der Waals surface area (Å²) in [5.74, 6) is -1.17. The van der Waals surface area contributed by atoms with Crippen molar-refractivity contribution in [1.29, 1.82) is 0 Å². The molecule has 2 rings (SSSR count). The largest absolute Gasteiger partial charge is 0.323 e. The van der Waals surface area contributed by atoms with Crippen LogP contribution in [0.2, 0.25) is 0 Å². The van der Waals surface area contributed by atoms with Crippen molar-refractivity contribution < 1.29 is 13.2 Å². The van der Waals surface area contributed by atoms with Gasteiger partial charge in [0.15, 0.2) is 0 Å². The molecule has 0 spiro atoms. The van der Waals surface area contributed by atoms with Crippen molar-refractivity contribution in [3.8, 4) is 0 Å². The molecule has 0 saturated heterocycles. The Bertz CT molecular complexity index is 574. The van der Waals surface area contributed by atoms with Crippen LogP contribution in [0.15, 0.2) is 47.4 Å². The van der Waals surface area contributed by atoms with Crippen molar-refractivity contribution in [2.45, 2.75) is 10.9 Å². The molecule has 5 heteroatoms. The first-order valence-electron chi connectivity index (χ1n) is 5.66. The highest BCUT2D eigenvalue weighted by Gasteiger charge is 2.13. The van der Waals surface area contributed by atoms with Crippen LogP contribution in [0.4, 0.5) is 13.2 Å². The van der Waals surface area contributed by atoms with Crippen LogP contribution in [0.1, 0.15) is 11.6 Å². The lowest BCUT2D eigenvalue weighted by Crippen LogP contribution is -2.15. The molecule has 100 valence electrons. The molecule has 0 bridgehead atoms. The van der Waals surface area contributed by atoms with Gasteiger partial charge in [-0.05, 0) is 30.3 Å². The van der Waals surface area contributed by atoms with Gasteiger partial charge in [0.25, 0.3) is 0 Å². The van der Waals surface area contributed by atoms with Gasteiger partial charge in [-0.3, -0.25) is 0 Å². The quantitative estimate of drug-likeness (QED) is 0.861. The second kappa shape index (κ2) is 6.12. The highest BCUT2D eigenvalue weighted by Crippen LogP contribution is 2.26. The Balaban J connectivity index is 2.07. The van der Waals surface area contributed by atoms with Crippen LogP contribution in [0.25, 0.3) is 0 Å². The number of hydrogen-bond donors (Lipinski definition) is 1. The molecule has 0 radical (unpaired) electrons. The zero-order valence-electron chi connectivity index (χ0n) is 9.95. The molecule has 0 saturated carbocycles. The van der Waals surface area contributed by atoms with Gasteiger partial charge in [-0.25, -0.2) is 13.2 Å². The maximum atomic E-state index is 13.5. The third-order valence-electron chi connectivity index (χ3n) is 2.61. The van der Waals surface area contributed by atoms with Crippen molar-refractivity contribution in [3.63, 3.8) is 0 Å². The third kappa shape index (κ3) is 3.52. The Morgan fingerprint density at radius 1 is 1.00 bits per heavy atom. The Kier molecular flexibility index (Phi) is 4.50. The van der Waals surface area contributed by atoms with Crippen LogP contribution in [0, 0.1) is 17.5 Å². The number of hydrogen-bond acceptors (Lipinski definition) is 2. The minimum absolute atomic E-state index is 0.101. The molecule has 2 N–H and O–H groups in total. The van der Waals surface area contributed by atoms with E-state index in [1.807, 2.05) is 0 Å². The van der Waals surface area contributed by atoms with Gasteiger partial charge in [0, 0.05) is 22.3 Å². The van der Waals surface area contributed by atoms with Gasteiger partial charge in [0.05, 0.1) is 0 Å². The van der Waals surface area contributed by atoms with Gasteiger partial charge in [-0.1, -0.05) is 12.1 Å². The first kappa shape index (κ1) is 14.0. The predicted octanol–water partition coefficient (Wildman–Crippen LogP) is 3.90. The predicted molar refractivity (Wildman–Crippen MR) is 70.4 cm³/mol. The standard InChI is InChI=1S/C14H12F3NS/c15-9-5-6-11(16)10(7-9)13(18)8-19-14-4-2-1-3-12(14)17/h1-7,13H,8,18H2. The Morgan fingerprint density at radius 3 is 2.47 bits per heavy atom. The van der Waals surface area contributed by atoms with Crippen LogP contribution < -0.4 is 5.73 Å². The molecule has 19 heavy (non-hydrogen) atoms. The summed E-state index contributed by atoms with van der Waals surface area (Å²) in [7, 11) is 0. The number of rotatable bonds is 4.